The molecule has 1 aromatic carbocycles. The molecule has 0 saturated heterocycles. The Balaban J connectivity index is 2.39. The van der Waals surface area contributed by atoms with Crippen molar-refractivity contribution in [1.82, 2.24) is 5.32 Å². The Hall–Kier alpha value is -1.71. The quantitative estimate of drug-likeness (QED) is 0.710. The van der Waals surface area contributed by atoms with Gasteiger partial charge in [0.15, 0.2) is 0 Å². The van der Waals surface area contributed by atoms with Gasteiger partial charge in [-0.1, -0.05) is 25.8 Å². The fourth-order valence-corrected chi connectivity index (χ4v) is 1.80. The standard InChI is InChI=1S/C15H24N2O2/c1-4-5-6-9-16-15(18)11-17-13-10-12(2)7-8-14(13)19-3/h7-8,10,17H,4-6,9,11H2,1-3H3,(H,16,18). The van der Waals surface area contributed by atoms with Crippen LogP contribution in [-0.2, 0) is 4.79 Å². The van der Waals surface area contributed by atoms with E-state index in [-0.39, 0.29) is 12.5 Å². The Labute approximate surface area is 115 Å². The number of aryl methyl sites for hydroxylation is 1. The lowest BCUT2D eigenvalue weighted by Gasteiger charge is -2.12. The first kappa shape index (κ1) is 15.3. The summed E-state index contributed by atoms with van der Waals surface area (Å²) in [5.74, 6) is 0.768. The summed E-state index contributed by atoms with van der Waals surface area (Å²) in [5.41, 5.74) is 1.98. The van der Waals surface area contributed by atoms with Gasteiger partial charge in [-0.15, -0.1) is 0 Å². The van der Waals surface area contributed by atoms with Gasteiger partial charge >= 0.3 is 0 Å². The molecule has 4 heteroatoms. The Bertz CT molecular complexity index is 405. The second-order valence-corrected chi connectivity index (χ2v) is 4.61. The van der Waals surface area contributed by atoms with E-state index in [1.807, 2.05) is 25.1 Å². The summed E-state index contributed by atoms with van der Waals surface area (Å²) >= 11 is 0. The molecule has 0 fully saturated rings. The van der Waals surface area contributed by atoms with Gasteiger partial charge in [-0.25, -0.2) is 0 Å². The van der Waals surface area contributed by atoms with Crippen molar-refractivity contribution in [2.24, 2.45) is 0 Å². The van der Waals surface area contributed by atoms with Crippen LogP contribution in [0.15, 0.2) is 18.2 Å². The van der Waals surface area contributed by atoms with E-state index in [2.05, 4.69) is 17.6 Å². The highest BCUT2D eigenvalue weighted by molar-refractivity contribution is 5.81. The van der Waals surface area contributed by atoms with E-state index in [0.29, 0.717) is 0 Å². The largest absolute Gasteiger partial charge is 0.495 e. The van der Waals surface area contributed by atoms with Gasteiger partial charge in [0, 0.05) is 6.54 Å². The van der Waals surface area contributed by atoms with E-state index < -0.39 is 0 Å². The summed E-state index contributed by atoms with van der Waals surface area (Å²) in [6.07, 6.45) is 3.35. The number of nitrogens with one attached hydrogen (secondary N) is 2. The normalized spacial score (nSPS) is 10.1. The van der Waals surface area contributed by atoms with Crippen LogP contribution >= 0.6 is 0 Å². The first-order valence-corrected chi connectivity index (χ1v) is 6.82. The second-order valence-electron chi connectivity index (χ2n) is 4.61. The minimum absolute atomic E-state index is 0.0136. The molecule has 0 atom stereocenters. The predicted octanol–water partition coefficient (Wildman–Crippen LogP) is 2.72. The number of rotatable bonds is 8. The van der Waals surface area contributed by atoms with E-state index in [1.165, 1.54) is 0 Å². The van der Waals surface area contributed by atoms with Crippen LogP contribution in [0.3, 0.4) is 0 Å². The average molecular weight is 264 g/mol. The first-order valence-electron chi connectivity index (χ1n) is 6.82. The van der Waals surface area contributed by atoms with Crippen LogP contribution < -0.4 is 15.4 Å². The fourth-order valence-electron chi connectivity index (χ4n) is 1.80. The Kier molecular flexibility index (Phi) is 6.79. The highest BCUT2D eigenvalue weighted by Gasteiger charge is 2.05. The van der Waals surface area contributed by atoms with Crippen LogP contribution in [0.5, 0.6) is 5.75 Å². The number of carbonyl (C=O) groups excluding carboxylic acids is 1. The maximum absolute atomic E-state index is 11.6. The molecule has 0 aliphatic rings. The molecule has 0 unspecified atom stereocenters. The summed E-state index contributed by atoms with van der Waals surface area (Å²) in [6.45, 7) is 5.17. The number of amides is 1. The number of methoxy groups -OCH3 is 1. The molecule has 1 amide bonds. The lowest BCUT2D eigenvalue weighted by Crippen LogP contribution is -2.30. The van der Waals surface area contributed by atoms with Gasteiger partial charge in [0.1, 0.15) is 5.75 Å². The topological polar surface area (TPSA) is 50.4 Å². The van der Waals surface area contributed by atoms with E-state index in [0.717, 1.165) is 42.8 Å². The maximum Gasteiger partial charge on any atom is 0.239 e. The lowest BCUT2D eigenvalue weighted by atomic mass is 10.2. The van der Waals surface area contributed by atoms with E-state index >= 15 is 0 Å². The first-order chi connectivity index (χ1) is 9.17. The zero-order valence-corrected chi connectivity index (χ0v) is 12.1. The zero-order chi connectivity index (χ0) is 14.1. The molecule has 0 saturated carbocycles. The van der Waals surface area contributed by atoms with Crippen molar-refractivity contribution >= 4 is 11.6 Å². The van der Waals surface area contributed by atoms with Crippen LogP contribution in [0.2, 0.25) is 0 Å². The molecule has 4 nitrogen and oxygen atoms in total. The van der Waals surface area contributed by atoms with Crippen LogP contribution in [0.25, 0.3) is 0 Å². The highest BCUT2D eigenvalue weighted by atomic mass is 16.5. The van der Waals surface area contributed by atoms with Gasteiger partial charge in [0.2, 0.25) is 5.91 Å². The molecule has 1 aromatic rings. The monoisotopic (exact) mass is 264 g/mol. The summed E-state index contributed by atoms with van der Waals surface area (Å²) in [7, 11) is 1.63. The SMILES string of the molecule is CCCCCNC(=O)CNc1cc(C)ccc1OC. The number of hydrogen-bond acceptors (Lipinski definition) is 3. The van der Waals surface area contributed by atoms with Gasteiger partial charge in [0.25, 0.3) is 0 Å². The third-order valence-electron chi connectivity index (χ3n) is 2.90. The molecule has 0 bridgehead atoms. The number of ether oxygens (including phenoxy) is 1. The zero-order valence-electron chi connectivity index (χ0n) is 12.1. The average Bonchev–Trinajstić information content (AvgIpc) is 2.41. The van der Waals surface area contributed by atoms with Crippen LogP contribution in [-0.4, -0.2) is 26.1 Å². The summed E-state index contributed by atoms with van der Waals surface area (Å²) < 4.78 is 5.25. The number of carbonyl (C=O) groups is 1. The molecule has 106 valence electrons. The van der Waals surface area contributed by atoms with Gasteiger partial charge in [0.05, 0.1) is 19.3 Å². The van der Waals surface area contributed by atoms with Crippen molar-refractivity contribution in [3.63, 3.8) is 0 Å². The smallest absolute Gasteiger partial charge is 0.239 e. The summed E-state index contributed by atoms with van der Waals surface area (Å²) in [6, 6.07) is 5.86. The van der Waals surface area contributed by atoms with Gasteiger partial charge in [-0.2, -0.15) is 0 Å². The summed E-state index contributed by atoms with van der Waals surface area (Å²) in [5, 5.41) is 6.01. The minimum Gasteiger partial charge on any atom is -0.495 e. The predicted molar refractivity (Wildman–Crippen MR) is 78.8 cm³/mol. The Morgan fingerprint density at radius 3 is 2.79 bits per heavy atom. The number of hydrogen-bond donors (Lipinski definition) is 2. The van der Waals surface area contributed by atoms with Crippen LogP contribution in [0.1, 0.15) is 31.7 Å². The summed E-state index contributed by atoms with van der Waals surface area (Å²) in [4.78, 5) is 11.6. The molecule has 0 heterocycles. The molecule has 0 aliphatic carbocycles. The number of unbranched alkanes of at least 4 members (excludes halogenated alkanes) is 2. The third-order valence-corrected chi connectivity index (χ3v) is 2.90. The molecule has 0 aliphatic heterocycles. The van der Waals surface area contributed by atoms with Gasteiger partial charge < -0.3 is 15.4 Å². The Morgan fingerprint density at radius 1 is 1.32 bits per heavy atom. The number of anilines is 1. The van der Waals surface area contributed by atoms with Crippen LogP contribution in [0, 0.1) is 6.92 Å². The molecular weight excluding hydrogens is 240 g/mol. The van der Waals surface area contributed by atoms with Crippen molar-refractivity contribution in [1.29, 1.82) is 0 Å². The number of benzene rings is 1. The maximum atomic E-state index is 11.6. The van der Waals surface area contributed by atoms with Crippen molar-refractivity contribution in [3.05, 3.63) is 23.8 Å². The second kappa shape index (κ2) is 8.40. The molecule has 19 heavy (non-hydrogen) atoms. The van der Waals surface area contributed by atoms with E-state index in [1.54, 1.807) is 7.11 Å². The molecule has 0 aromatic heterocycles. The molecular formula is C15H24N2O2. The van der Waals surface area contributed by atoms with Crippen molar-refractivity contribution in [2.75, 3.05) is 25.5 Å². The molecule has 2 N–H and O–H groups in total. The van der Waals surface area contributed by atoms with Crippen molar-refractivity contribution < 1.29 is 9.53 Å². The Morgan fingerprint density at radius 2 is 2.11 bits per heavy atom. The van der Waals surface area contributed by atoms with Crippen molar-refractivity contribution in [3.8, 4) is 5.75 Å². The van der Waals surface area contributed by atoms with Crippen LogP contribution in [0.4, 0.5) is 5.69 Å². The van der Waals surface area contributed by atoms with Gasteiger partial charge in [-0.05, 0) is 31.0 Å². The molecule has 0 radical (unpaired) electrons. The van der Waals surface area contributed by atoms with E-state index in [4.69, 9.17) is 4.74 Å². The van der Waals surface area contributed by atoms with E-state index in [9.17, 15) is 4.79 Å². The highest BCUT2D eigenvalue weighted by Crippen LogP contribution is 2.24. The molecule has 1 rings (SSSR count). The minimum atomic E-state index is 0.0136. The fraction of sp³-hybridized carbons (Fsp3) is 0.533. The molecule has 0 spiro atoms. The third kappa shape index (κ3) is 5.64. The van der Waals surface area contributed by atoms with Gasteiger partial charge in [-0.3, -0.25) is 4.79 Å². The lowest BCUT2D eigenvalue weighted by molar-refractivity contribution is -0.119. The van der Waals surface area contributed by atoms with Crippen molar-refractivity contribution in [2.45, 2.75) is 33.1 Å².